The van der Waals surface area contributed by atoms with E-state index in [1.807, 2.05) is 49.2 Å². The maximum atomic E-state index is 14.2. The zero-order chi connectivity index (χ0) is 15.4. The first-order chi connectivity index (χ1) is 10.0. The summed E-state index contributed by atoms with van der Waals surface area (Å²) in [4.78, 5) is 1.87. The highest BCUT2D eigenvalue weighted by molar-refractivity contribution is 5.49. The van der Waals surface area contributed by atoms with E-state index in [0.717, 1.165) is 16.9 Å². The van der Waals surface area contributed by atoms with Gasteiger partial charge in [0.1, 0.15) is 11.6 Å². The number of hydrogen-bond donors (Lipinski definition) is 1. The van der Waals surface area contributed by atoms with Crippen molar-refractivity contribution in [1.82, 2.24) is 0 Å². The first-order valence-corrected chi connectivity index (χ1v) is 6.90. The Labute approximate surface area is 125 Å². The summed E-state index contributed by atoms with van der Waals surface area (Å²) in [6.45, 7) is 2.44. The minimum atomic E-state index is -0.254. The van der Waals surface area contributed by atoms with Crippen LogP contribution in [-0.2, 0) is 6.54 Å². The third kappa shape index (κ3) is 3.73. The van der Waals surface area contributed by atoms with Gasteiger partial charge in [-0.2, -0.15) is 0 Å². The van der Waals surface area contributed by atoms with Crippen LogP contribution in [0.15, 0.2) is 42.5 Å². The predicted molar refractivity (Wildman–Crippen MR) is 84.1 cm³/mol. The largest absolute Gasteiger partial charge is 0.497 e. The Kier molecular flexibility index (Phi) is 4.81. The smallest absolute Gasteiger partial charge is 0.146 e. The first kappa shape index (κ1) is 15.3. The molecule has 0 amide bonds. The second kappa shape index (κ2) is 6.59. The maximum Gasteiger partial charge on any atom is 0.146 e. The number of benzene rings is 2. The van der Waals surface area contributed by atoms with E-state index in [1.165, 1.54) is 6.07 Å². The molecule has 0 saturated carbocycles. The Bertz CT molecular complexity index is 613. The van der Waals surface area contributed by atoms with Crippen molar-refractivity contribution < 1.29 is 9.13 Å². The molecular weight excluding hydrogens is 267 g/mol. The van der Waals surface area contributed by atoms with Gasteiger partial charge in [0.2, 0.25) is 0 Å². The van der Waals surface area contributed by atoms with E-state index in [4.69, 9.17) is 10.5 Å². The Morgan fingerprint density at radius 3 is 2.62 bits per heavy atom. The van der Waals surface area contributed by atoms with Crippen molar-refractivity contribution >= 4 is 5.69 Å². The number of rotatable bonds is 5. The van der Waals surface area contributed by atoms with Crippen LogP contribution in [0.4, 0.5) is 10.1 Å². The second-order valence-electron chi connectivity index (χ2n) is 5.21. The zero-order valence-corrected chi connectivity index (χ0v) is 12.6. The molecule has 2 aromatic rings. The molecule has 0 heterocycles. The molecule has 2 N–H and O–H groups in total. The van der Waals surface area contributed by atoms with Gasteiger partial charge in [0.05, 0.1) is 12.8 Å². The van der Waals surface area contributed by atoms with Gasteiger partial charge in [-0.25, -0.2) is 4.39 Å². The van der Waals surface area contributed by atoms with Crippen LogP contribution in [0.25, 0.3) is 0 Å². The number of anilines is 1. The van der Waals surface area contributed by atoms with E-state index in [9.17, 15) is 4.39 Å². The van der Waals surface area contributed by atoms with Crippen molar-refractivity contribution in [1.29, 1.82) is 0 Å². The quantitative estimate of drug-likeness (QED) is 0.915. The summed E-state index contributed by atoms with van der Waals surface area (Å²) < 4.78 is 19.4. The number of methoxy groups -OCH3 is 1. The number of halogens is 1. The lowest BCUT2D eigenvalue weighted by Crippen LogP contribution is -2.18. The molecule has 0 aliphatic carbocycles. The number of ether oxygens (including phenoxy) is 1. The van der Waals surface area contributed by atoms with E-state index in [1.54, 1.807) is 13.2 Å². The fourth-order valence-electron chi connectivity index (χ4n) is 2.25. The molecule has 0 bridgehead atoms. The van der Waals surface area contributed by atoms with Crippen molar-refractivity contribution in [3.63, 3.8) is 0 Å². The average Bonchev–Trinajstić information content (AvgIpc) is 2.47. The lowest BCUT2D eigenvalue weighted by atomic mass is 10.1. The molecule has 2 rings (SSSR count). The molecular formula is C17H21FN2O. The summed E-state index contributed by atoms with van der Waals surface area (Å²) in [7, 11) is 3.50. The van der Waals surface area contributed by atoms with Crippen LogP contribution in [0, 0.1) is 5.82 Å². The second-order valence-corrected chi connectivity index (χ2v) is 5.21. The van der Waals surface area contributed by atoms with Gasteiger partial charge < -0.3 is 15.4 Å². The standard InChI is InChI=1S/C17H21FN2O/c1-12(19)14-7-8-17(16(18)10-14)20(2)11-13-5-4-6-15(9-13)21-3/h4-10,12H,11,19H2,1-3H3/t12-/m0/s1. The van der Waals surface area contributed by atoms with Crippen LogP contribution in [-0.4, -0.2) is 14.2 Å². The first-order valence-electron chi connectivity index (χ1n) is 6.90. The van der Waals surface area contributed by atoms with Gasteiger partial charge in [0.25, 0.3) is 0 Å². The van der Waals surface area contributed by atoms with E-state index in [-0.39, 0.29) is 11.9 Å². The van der Waals surface area contributed by atoms with Crippen LogP contribution in [0.5, 0.6) is 5.75 Å². The molecule has 0 fully saturated rings. The minimum absolute atomic E-state index is 0.169. The molecule has 0 aromatic heterocycles. The van der Waals surface area contributed by atoms with E-state index in [2.05, 4.69) is 0 Å². The Hall–Kier alpha value is -2.07. The van der Waals surface area contributed by atoms with Gasteiger partial charge in [-0.15, -0.1) is 0 Å². The maximum absolute atomic E-state index is 14.2. The highest BCUT2D eigenvalue weighted by Gasteiger charge is 2.10. The van der Waals surface area contributed by atoms with Crippen LogP contribution in [0.3, 0.4) is 0 Å². The highest BCUT2D eigenvalue weighted by Crippen LogP contribution is 2.24. The topological polar surface area (TPSA) is 38.5 Å². The third-order valence-corrected chi connectivity index (χ3v) is 3.46. The summed E-state index contributed by atoms with van der Waals surface area (Å²) in [6, 6.07) is 12.7. The summed E-state index contributed by atoms with van der Waals surface area (Å²) in [5.41, 5.74) is 8.19. The summed E-state index contributed by atoms with van der Waals surface area (Å²) >= 11 is 0. The summed E-state index contributed by atoms with van der Waals surface area (Å²) in [5, 5.41) is 0. The van der Waals surface area contributed by atoms with Crippen LogP contribution in [0.1, 0.15) is 24.1 Å². The number of hydrogen-bond acceptors (Lipinski definition) is 3. The average molecular weight is 288 g/mol. The molecule has 0 saturated heterocycles. The molecule has 0 radical (unpaired) electrons. The van der Waals surface area contributed by atoms with Crippen LogP contribution < -0.4 is 15.4 Å². The molecule has 1 atom stereocenters. The van der Waals surface area contributed by atoms with Gasteiger partial charge in [-0.1, -0.05) is 18.2 Å². The van der Waals surface area contributed by atoms with Gasteiger partial charge in [-0.3, -0.25) is 0 Å². The number of nitrogens with zero attached hydrogens (tertiary/aromatic N) is 1. The molecule has 0 aliphatic heterocycles. The Balaban J connectivity index is 2.18. The van der Waals surface area contributed by atoms with Crippen molar-refractivity contribution in [3.8, 4) is 5.75 Å². The fraction of sp³-hybridized carbons (Fsp3) is 0.294. The minimum Gasteiger partial charge on any atom is -0.497 e. The van der Waals surface area contributed by atoms with Gasteiger partial charge in [0, 0.05) is 19.6 Å². The van der Waals surface area contributed by atoms with Crippen molar-refractivity contribution in [2.75, 3.05) is 19.1 Å². The van der Waals surface area contributed by atoms with E-state index < -0.39 is 0 Å². The summed E-state index contributed by atoms with van der Waals surface area (Å²) in [5.74, 6) is 0.545. The van der Waals surface area contributed by atoms with Gasteiger partial charge in [0.15, 0.2) is 0 Å². The third-order valence-electron chi connectivity index (χ3n) is 3.46. The Morgan fingerprint density at radius 2 is 2.00 bits per heavy atom. The highest BCUT2D eigenvalue weighted by atomic mass is 19.1. The summed E-state index contributed by atoms with van der Waals surface area (Å²) in [6.07, 6.45) is 0. The van der Waals surface area contributed by atoms with Crippen molar-refractivity contribution in [3.05, 3.63) is 59.4 Å². The van der Waals surface area contributed by atoms with Crippen LogP contribution in [0.2, 0.25) is 0 Å². The number of nitrogens with two attached hydrogens (primary N) is 1. The molecule has 3 nitrogen and oxygen atoms in total. The molecule has 2 aromatic carbocycles. The fourth-order valence-corrected chi connectivity index (χ4v) is 2.25. The molecule has 0 unspecified atom stereocenters. The molecule has 0 aliphatic rings. The predicted octanol–water partition coefficient (Wildman–Crippen LogP) is 3.49. The lowest BCUT2D eigenvalue weighted by Gasteiger charge is -2.21. The SMILES string of the molecule is COc1cccc(CN(C)c2ccc([C@H](C)N)cc2F)c1. The van der Waals surface area contributed by atoms with Gasteiger partial charge >= 0.3 is 0 Å². The molecule has 112 valence electrons. The molecule has 21 heavy (non-hydrogen) atoms. The monoisotopic (exact) mass is 288 g/mol. The van der Waals surface area contributed by atoms with Crippen LogP contribution >= 0.6 is 0 Å². The van der Waals surface area contributed by atoms with E-state index >= 15 is 0 Å². The van der Waals surface area contributed by atoms with Crippen molar-refractivity contribution in [2.24, 2.45) is 5.73 Å². The van der Waals surface area contributed by atoms with E-state index in [0.29, 0.717) is 12.2 Å². The van der Waals surface area contributed by atoms with Gasteiger partial charge in [-0.05, 0) is 42.3 Å². The molecule has 0 spiro atoms. The zero-order valence-electron chi connectivity index (χ0n) is 12.6. The lowest BCUT2D eigenvalue weighted by molar-refractivity contribution is 0.414. The normalized spacial score (nSPS) is 12.0. The Morgan fingerprint density at radius 1 is 1.24 bits per heavy atom. The molecule has 4 heteroatoms. The van der Waals surface area contributed by atoms with Crippen molar-refractivity contribution in [2.45, 2.75) is 19.5 Å².